The molecule has 0 aliphatic rings. The summed E-state index contributed by atoms with van der Waals surface area (Å²) in [5.41, 5.74) is -0.238. The fraction of sp³-hybridized carbons (Fsp3) is 0.167. The van der Waals surface area contributed by atoms with E-state index < -0.39 is 28.9 Å². The number of carbonyl (C=O) groups is 2. The Hall–Kier alpha value is -3.82. The number of benzene rings is 3. The Bertz CT molecular complexity index is 1250. The van der Waals surface area contributed by atoms with Crippen LogP contribution >= 0.6 is 23.2 Å². The number of anilines is 2. The van der Waals surface area contributed by atoms with Gasteiger partial charge in [0.15, 0.2) is 12.2 Å². The van der Waals surface area contributed by atoms with E-state index >= 15 is 0 Å². The smallest absolute Gasteiger partial charge is 0.292 e. The molecule has 182 valence electrons. The van der Waals surface area contributed by atoms with Crippen LogP contribution in [0.5, 0.6) is 11.5 Å². The molecular formula is C24H21Cl2N3O6. The summed E-state index contributed by atoms with van der Waals surface area (Å²) in [7, 11) is 0. The van der Waals surface area contributed by atoms with Crippen molar-refractivity contribution in [3.63, 3.8) is 0 Å². The monoisotopic (exact) mass is 517 g/mol. The molecule has 3 aromatic carbocycles. The van der Waals surface area contributed by atoms with Gasteiger partial charge in [-0.3, -0.25) is 19.7 Å². The minimum atomic E-state index is -0.988. The number of rotatable bonds is 9. The van der Waals surface area contributed by atoms with Crippen molar-refractivity contribution >= 4 is 52.1 Å². The van der Waals surface area contributed by atoms with E-state index in [0.29, 0.717) is 21.5 Å². The number of carbonyl (C=O) groups excluding carboxylic acids is 2. The molecule has 0 bridgehead atoms. The third-order valence-electron chi connectivity index (χ3n) is 4.67. The molecule has 2 amide bonds. The Morgan fingerprint density at radius 1 is 0.829 bits per heavy atom. The molecule has 0 aromatic heterocycles. The van der Waals surface area contributed by atoms with Crippen molar-refractivity contribution in [2.45, 2.75) is 26.1 Å². The van der Waals surface area contributed by atoms with Crippen LogP contribution in [0.25, 0.3) is 0 Å². The molecule has 0 saturated carbocycles. The summed E-state index contributed by atoms with van der Waals surface area (Å²) >= 11 is 11.8. The molecule has 2 atom stereocenters. The van der Waals surface area contributed by atoms with Crippen LogP contribution < -0.4 is 20.1 Å². The summed E-state index contributed by atoms with van der Waals surface area (Å²) in [5, 5.41) is 17.4. The van der Waals surface area contributed by atoms with Gasteiger partial charge in [0.25, 0.3) is 17.5 Å². The predicted octanol–water partition coefficient (Wildman–Crippen LogP) is 5.71. The molecule has 0 aliphatic heterocycles. The van der Waals surface area contributed by atoms with Crippen molar-refractivity contribution in [2.24, 2.45) is 0 Å². The van der Waals surface area contributed by atoms with Gasteiger partial charge in [0.2, 0.25) is 0 Å². The number of hydrogen-bond acceptors (Lipinski definition) is 6. The molecule has 0 aliphatic carbocycles. The third-order valence-corrected chi connectivity index (χ3v) is 5.15. The zero-order valence-corrected chi connectivity index (χ0v) is 20.2. The Balaban J connectivity index is 1.70. The van der Waals surface area contributed by atoms with Gasteiger partial charge in [-0.1, -0.05) is 35.3 Å². The molecule has 0 saturated heterocycles. The molecular weight excluding hydrogens is 497 g/mol. The molecule has 0 heterocycles. The van der Waals surface area contributed by atoms with E-state index in [1.807, 2.05) is 0 Å². The maximum atomic E-state index is 12.6. The summed E-state index contributed by atoms with van der Waals surface area (Å²) < 4.78 is 11.1. The summed E-state index contributed by atoms with van der Waals surface area (Å²) in [6.45, 7) is 3.03. The Labute approximate surface area is 211 Å². The maximum Gasteiger partial charge on any atom is 0.292 e. The van der Waals surface area contributed by atoms with Gasteiger partial charge in [-0.25, -0.2) is 0 Å². The topological polar surface area (TPSA) is 120 Å². The van der Waals surface area contributed by atoms with Gasteiger partial charge in [0.05, 0.1) is 4.92 Å². The molecule has 11 heteroatoms. The first-order chi connectivity index (χ1) is 16.6. The highest BCUT2D eigenvalue weighted by Crippen LogP contribution is 2.29. The molecule has 0 radical (unpaired) electrons. The highest BCUT2D eigenvalue weighted by molar-refractivity contribution is 6.31. The fourth-order valence-corrected chi connectivity index (χ4v) is 3.31. The number of hydrogen-bond donors (Lipinski definition) is 2. The minimum Gasteiger partial charge on any atom is -0.481 e. The molecule has 3 rings (SSSR count). The van der Waals surface area contributed by atoms with E-state index in [1.54, 1.807) is 49.4 Å². The second-order valence-corrected chi connectivity index (χ2v) is 8.28. The molecule has 3 aromatic rings. The zero-order valence-electron chi connectivity index (χ0n) is 18.7. The molecule has 2 unspecified atom stereocenters. The van der Waals surface area contributed by atoms with Crippen LogP contribution in [0, 0.1) is 10.1 Å². The van der Waals surface area contributed by atoms with E-state index in [1.165, 1.54) is 31.2 Å². The number of ether oxygens (including phenoxy) is 2. The third kappa shape index (κ3) is 7.33. The zero-order chi connectivity index (χ0) is 25.5. The highest BCUT2D eigenvalue weighted by Gasteiger charge is 2.22. The van der Waals surface area contributed by atoms with E-state index in [4.69, 9.17) is 32.7 Å². The lowest BCUT2D eigenvalue weighted by Gasteiger charge is -2.17. The first-order valence-corrected chi connectivity index (χ1v) is 11.1. The second-order valence-electron chi connectivity index (χ2n) is 7.40. The lowest BCUT2D eigenvalue weighted by Crippen LogP contribution is -2.31. The number of nitrogens with one attached hydrogen (secondary N) is 2. The average Bonchev–Trinajstić information content (AvgIpc) is 2.79. The van der Waals surface area contributed by atoms with Crippen molar-refractivity contribution in [1.82, 2.24) is 0 Å². The van der Waals surface area contributed by atoms with Crippen molar-refractivity contribution < 1.29 is 24.0 Å². The fourth-order valence-electron chi connectivity index (χ4n) is 2.95. The van der Waals surface area contributed by atoms with E-state index in [-0.39, 0.29) is 17.1 Å². The maximum absolute atomic E-state index is 12.6. The lowest BCUT2D eigenvalue weighted by molar-refractivity contribution is -0.383. The van der Waals surface area contributed by atoms with Crippen LogP contribution in [0.3, 0.4) is 0 Å². The van der Waals surface area contributed by atoms with Gasteiger partial charge in [-0.15, -0.1) is 0 Å². The van der Waals surface area contributed by atoms with E-state index in [9.17, 15) is 19.7 Å². The molecule has 0 spiro atoms. The van der Waals surface area contributed by atoms with Crippen LogP contribution in [0.4, 0.5) is 17.1 Å². The van der Waals surface area contributed by atoms with Crippen molar-refractivity contribution in [1.29, 1.82) is 0 Å². The SMILES string of the molecule is CC(Oc1cccc(Cl)c1)C(=O)Nc1ccc([N+](=O)[O-])c(NC(=O)C(C)Oc2cccc(Cl)c2)c1. The van der Waals surface area contributed by atoms with Crippen molar-refractivity contribution in [3.8, 4) is 11.5 Å². The Morgan fingerprint density at radius 3 is 1.83 bits per heavy atom. The van der Waals surface area contributed by atoms with Crippen LogP contribution in [-0.4, -0.2) is 28.9 Å². The molecule has 0 fully saturated rings. The van der Waals surface area contributed by atoms with Gasteiger partial charge < -0.3 is 20.1 Å². The molecule has 35 heavy (non-hydrogen) atoms. The normalized spacial score (nSPS) is 12.2. The van der Waals surface area contributed by atoms with Gasteiger partial charge in [0, 0.05) is 21.8 Å². The minimum absolute atomic E-state index is 0.109. The molecule has 2 N–H and O–H groups in total. The number of nitro groups is 1. The number of nitro benzene ring substituents is 1. The van der Waals surface area contributed by atoms with E-state index in [0.717, 1.165) is 0 Å². The van der Waals surface area contributed by atoms with Crippen molar-refractivity contribution in [2.75, 3.05) is 10.6 Å². The van der Waals surface area contributed by atoms with E-state index in [2.05, 4.69) is 10.6 Å². The van der Waals surface area contributed by atoms with Gasteiger partial charge in [-0.05, 0) is 62.4 Å². The standard InChI is InChI=1S/C24H21Cl2N3O6/c1-14(34-19-7-3-5-16(25)11-19)23(30)27-18-9-10-22(29(32)33)21(13-18)28-24(31)15(2)35-20-8-4-6-17(26)12-20/h3-15H,1-2H3,(H,27,30)(H,28,31). The highest BCUT2D eigenvalue weighted by atomic mass is 35.5. The molecule has 9 nitrogen and oxygen atoms in total. The van der Waals surface area contributed by atoms with Crippen LogP contribution in [0.2, 0.25) is 10.0 Å². The largest absolute Gasteiger partial charge is 0.481 e. The Kier molecular flexibility index (Phi) is 8.51. The lowest BCUT2D eigenvalue weighted by atomic mass is 10.2. The van der Waals surface area contributed by atoms with Gasteiger partial charge in [0.1, 0.15) is 17.2 Å². The number of amides is 2. The summed E-state index contributed by atoms with van der Waals surface area (Å²) in [6, 6.07) is 16.9. The van der Waals surface area contributed by atoms with Gasteiger partial charge >= 0.3 is 0 Å². The number of nitrogens with zero attached hydrogens (tertiary/aromatic N) is 1. The van der Waals surface area contributed by atoms with Crippen LogP contribution in [0.1, 0.15) is 13.8 Å². The van der Waals surface area contributed by atoms with Crippen LogP contribution in [0.15, 0.2) is 66.7 Å². The summed E-state index contributed by atoms with van der Waals surface area (Å²) in [6.07, 6.45) is -1.88. The number of halogens is 2. The first kappa shape index (κ1) is 25.8. The van der Waals surface area contributed by atoms with Crippen molar-refractivity contribution in [3.05, 3.63) is 86.9 Å². The predicted molar refractivity (Wildman–Crippen MR) is 133 cm³/mol. The summed E-state index contributed by atoms with van der Waals surface area (Å²) in [5.74, 6) is -0.363. The Morgan fingerprint density at radius 2 is 1.34 bits per heavy atom. The average molecular weight is 518 g/mol. The second kappa shape index (κ2) is 11.5. The van der Waals surface area contributed by atoms with Crippen LogP contribution in [-0.2, 0) is 9.59 Å². The van der Waals surface area contributed by atoms with Gasteiger partial charge in [-0.2, -0.15) is 0 Å². The summed E-state index contributed by atoms with van der Waals surface area (Å²) in [4.78, 5) is 36.0. The quantitative estimate of drug-likeness (QED) is 0.277. The first-order valence-electron chi connectivity index (χ1n) is 10.4.